The number of ether oxygens (including phenoxy) is 2. The van der Waals surface area contributed by atoms with E-state index in [1.54, 1.807) is 12.1 Å². The van der Waals surface area contributed by atoms with Crippen LogP contribution in [0.5, 0.6) is 17.2 Å². The third kappa shape index (κ3) is 5.81. The Hall–Kier alpha value is -2.95. The van der Waals surface area contributed by atoms with Crippen molar-refractivity contribution in [2.45, 2.75) is 19.1 Å². The molecule has 1 unspecified atom stereocenters. The fraction of sp³-hybridized carbons (Fsp3) is 0.231. The Morgan fingerprint density at radius 3 is 2.55 bits per heavy atom. The molecule has 0 saturated heterocycles. The van der Waals surface area contributed by atoms with Crippen molar-refractivity contribution in [3.8, 4) is 17.2 Å². The van der Waals surface area contributed by atoms with Gasteiger partial charge >= 0.3 is 0 Å². The van der Waals surface area contributed by atoms with Crippen LogP contribution < -0.4 is 9.47 Å². The lowest BCUT2D eigenvalue weighted by Crippen LogP contribution is -2.30. The minimum Gasteiger partial charge on any atom is -0.508 e. The first-order valence-electron chi connectivity index (χ1n) is 10.2. The summed E-state index contributed by atoms with van der Waals surface area (Å²) in [5.41, 5.74) is 4.17. The van der Waals surface area contributed by atoms with Crippen LogP contribution in [-0.2, 0) is 6.61 Å². The van der Waals surface area contributed by atoms with E-state index in [1.165, 1.54) is 0 Å². The van der Waals surface area contributed by atoms with Gasteiger partial charge in [0.15, 0.2) is 0 Å². The highest BCUT2D eigenvalue weighted by Gasteiger charge is 2.21. The van der Waals surface area contributed by atoms with Gasteiger partial charge in [-0.05, 0) is 55.1 Å². The van der Waals surface area contributed by atoms with Crippen molar-refractivity contribution in [3.05, 3.63) is 95.6 Å². The molecule has 1 N–H and O–H groups in total. The van der Waals surface area contributed by atoms with Crippen molar-refractivity contribution < 1.29 is 14.6 Å². The quantitative estimate of drug-likeness (QED) is 0.550. The molecule has 162 valence electrons. The van der Waals surface area contributed by atoms with Gasteiger partial charge in [0, 0.05) is 24.6 Å². The average molecular weight is 438 g/mol. The first kappa shape index (κ1) is 22.7. The lowest BCUT2D eigenvalue weighted by atomic mass is 9.96. The summed E-state index contributed by atoms with van der Waals surface area (Å²) in [6.45, 7) is 1.33. The van der Waals surface area contributed by atoms with E-state index in [4.69, 9.17) is 9.47 Å². The summed E-state index contributed by atoms with van der Waals surface area (Å²) < 4.78 is 12.4. The van der Waals surface area contributed by atoms with Crippen molar-refractivity contribution in [2.24, 2.45) is 0 Å². The van der Waals surface area contributed by atoms with Gasteiger partial charge in [-0.15, -0.1) is 12.4 Å². The summed E-state index contributed by atoms with van der Waals surface area (Å²) in [4.78, 5) is 2.13. The molecular formula is C26H28ClNO3. The molecule has 0 amide bonds. The van der Waals surface area contributed by atoms with Crippen molar-refractivity contribution >= 4 is 18.0 Å². The number of aromatic hydroxyl groups is 1. The molecule has 0 saturated carbocycles. The molecule has 0 fully saturated rings. The first-order valence-corrected chi connectivity index (χ1v) is 10.2. The van der Waals surface area contributed by atoms with Gasteiger partial charge in [-0.2, -0.15) is 0 Å². The Morgan fingerprint density at radius 2 is 1.81 bits per heavy atom. The lowest BCUT2D eigenvalue weighted by molar-refractivity contribution is 0.163. The van der Waals surface area contributed by atoms with Gasteiger partial charge in [-0.25, -0.2) is 0 Å². The summed E-state index contributed by atoms with van der Waals surface area (Å²) in [6, 6.07) is 23.5. The first-order chi connectivity index (χ1) is 14.6. The molecule has 1 aliphatic heterocycles. The van der Waals surface area contributed by atoms with Gasteiger partial charge in [0.05, 0.1) is 0 Å². The molecule has 1 heterocycles. The SMILES string of the molecule is CN(C)CC1CC=C(c2cccc(O)c2)c2ccc(OCc3ccccc3)cc2O1.Cl. The molecule has 0 aliphatic carbocycles. The predicted molar refractivity (Wildman–Crippen MR) is 127 cm³/mol. The van der Waals surface area contributed by atoms with Crippen LogP contribution in [0.2, 0.25) is 0 Å². The molecule has 0 aromatic heterocycles. The topological polar surface area (TPSA) is 41.9 Å². The van der Waals surface area contributed by atoms with Crippen LogP contribution in [0.3, 0.4) is 0 Å². The van der Waals surface area contributed by atoms with E-state index in [0.717, 1.165) is 46.7 Å². The average Bonchev–Trinajstić information content (AvgIpc) is 2.91. The van der Waals surface area contributed by atoms with Crippen LogP contribution in [0.25, 0.3) is 5.57 Å². The molecule has 3 aromatic carbocycles. The fourth-order valence-corrected chi connectivity index (χ4v) is 3.71. The summed E-state index contributed by atoms with van der Waals surface area (Å²) in [5.74, 6) is 1.84. The highest BCUT2D eigenvalue weighted by Crippen LogP contribution is 2.38. The van der Waals surface area contributed by atoms with Crippen LogP contribution in [0, 0.1) is 0 Å². The second-order valence-electron chi connectivity index (χ2n) is 7.84. The number of halogens is 1. The monoisotopic (exact) mass is 437 g/mol. The Balaban J connectivity index is 0.00000272. The number of nitrogens with zero attached hydrogens (tertiary/aromatic N) is 1. The smallest absolute Gasteiger partial charge is 0.131 e. The molecule has 4 rings (SSSR count). The Labute approximate surface area is 190 Å². The molecule has 4 nitrogen and oxygen atoms in total. The van der Waals surface area contributed by atoms with E-state index in [0.29, 0.717) is 6.61 Å². The molecule has 1 atom stereocenters. The number of phenols is 1. The highest BCUT2D eigenvalue weighted by atomic mass is 35.5. The van der Waals surface area contributed by atoms with Gasteiger partial charge in [0.1, 0.15) is 30.0 Å². The number of hydrogen-bond donors (Lipinski definition) is 1. The van der Waals surface area contributed by atoms with E-state index >= 15 is 0 Å². The van der Waals surface area contributed by atoms with E-state index in [1.807, 2.05) is 48.5 Å². The predicted octanol–water partition coefficient (Wildman–Crippen LogP) is 5.54. The van der Waals surface area contributed by atoms with Crippen molar-refractivity contribution in [1.29, 1.82) is 0 Å². The Morgan fingerprint density at radius 1 is 1.00 bits per heavy atom. The van der Waals surface area contributed by atoms with Crippen LogP contribution >= 0.6 is 12.4 Å². The van der Waals surface area contributed by atoms with Gasteiger partial charge < -0.3 is 19.5 Å². The number of hydrogen-bond acceptors (Lipinski definition) is 4. The number of benzene rings is 3. The summed E-state index contributed by atoms with van der Waals surface area (Å²) in [7, 11) is 4.10. The van der Waals surface area contributed by atoms with E-state index < -0.39 is 0 Å². The van der Waals surface area contributed by atoms with Crippen molar-refractivity contribution in [3.63, 3.8) is 0 Å². The lowest BCUT2D eigenvalue weighted by Gasteiger charge is -2.21. The summed E-state index contributed by atoms with van der Waals surface area (Å²) >= 11 is 0. The maximum absolute atomic E-state index is 9.97. The third-order valence-electron chi connectivity index (χ3n) is 5.10. The number of fused-ring (bicyclic) bond motifs is 1. The van der Waals surface area contributed by atoms with Crippen LogP contribution in [-0.4, -0.2) is 36.8 Å². The molecule has 1 aliphatic rings. The maximum atomic E-state index is 9.97. The van der Waals surface area contributed by atoms with Crippen molar-refractivity contribution in [1.82, 2.24) is 4.90 Å². The van der Waals surface area contributed by atoms with Gasteiger partial charge in [0.2, 0.25) is 0 Å². The fourth-order valence-electron chi connectivity index (χ4n) is 3.71. The highest BCUT2D eigenvalue weighted by molar-refractivity contribution is 5.85. The minimum absolute atomic E-state index is 0. The standard InChI is InChI=1S/C26H27NO3.ClH/c1-27(2)17-23-12-13-24(20-9-6-10-21(28)15-20)25-14-11-22(16-26(25)30-23)29-18-19-7-4-3-5-8-19;/h3-11,13-16,23,28H,12,17-18H2,1-2H3;1H. The Kier molecular flexibility index (Phi) is 7.61. The second kappa shape index (κ2) is 10.4. The number of likely N-dealkylation sites (N-methyl/N-ethyl adjacent to an activating group) is 1. The molecule has 31 heavy (non-hydrogen) atoms. The molecule has 0 spiro atoms. The van der Waals surface area contributed by atoms with Gasteiger partial charge in [-0.1, -0.05) is 48.5 Å². The number of rotatable bonds is 6. The zero-order valence-electron chi connectivity index (χ0n) is 17.8. The molecule has 0 radical (unpaired) electrons. The van der Waals surface area contributed by atoms with Crippen molar-refractivity contribution in [2.75, 3.05) is 20.6 Å². The van der Waals surface area contributed by atoms with Crippen LogP contribution in [0.1, 0.15) is 23.1 Å². The van der Waals surface area contributed by atoms with Crippen LogP contribution in [0.15, 0.2) is 78.9 Å². The zero-order chi connectivity index (χ0) is 20.9. The van der Waals surface area contributed by atoms with Gasteiger partial charge in [0.25, 0.3) is 0 Å². The van der Waals surface area contributed by atoms with E-state index in [-0.39, 0.29) is 24.3 Å². The maximum Gasteiger partial charge on any atom is 0.131 e. The molecule has 3 aromatic rings. The molecule has 5 heteroatoms. The zero-order valence-corrected chi connectivity index (χ0v) is 18.6. The summed E-state index contributed by atoms with van der Waals surface area (Å²) in [5, 5.41) is 9.97. The molecular weight excluding hydrogens is 410 g/mol. The minimum atomic E-state index is 0. The number of phenolic OH excluding ortho intramolecular Hbond substituents is 1. The van der Waals surface area contributed by atoms with E-state index in [2.05, 4.69) is 37.2 Å². The third-order valence-corrected chi connectivity index (χ3v) is 5.10. The van der Waals surface area contributed by atoms with Gasteiger partial charge in [-0.3, -0.25) is 0 Å². The van der Waals surface area contributed by atoms with E-state index in [9.17, 15) is 5.11 Å². The molecule has 0 bridgehead atoms. The Bertz CT molecular complexity index is 1030. The normalized spacial score (nSPS) is 15.2. The second-order valence-corrected chi connectivity index (χ2v) is 7.84. The largest absolute Gasteiger partial charge is 0.508 e. The summed E-state index contributed by atoms with van der Waals surface area (Å²) in [6.07, 6.45) is 3.04. The van der Waals surface area contributed by atoms with Crippen LogP contribution in [0.4, 0.5) is 0 Å².